The molecule has 0 amide bonds. The molecule has 0 saturated carbocycles. The third-order valence-electron chi connectivity index (χ3n) is 9.12. The predicted octanol–water partition coefficient (Wildman–Crippen LogP) is 7.87. The highest BCUT2D eigenvalue weighted by atomic mass is 28.4. The summed E-state index contributed by atoms with van der Waals surface area (Å²) in [4.78, 5) is 13.4. The molecule has 8 heteroatoms. The molecule has 4 aromatic carbocycles. The van der Waals surface area contributed by atoms with Crippen molar-refractivity contribution in [2.45, 2.75) is 83.2 Å². The van der Waals surface area contributed by atoms with E-state index in [9.17, 15) is 4.79 Å². The van der Waals surface area contributed by atoms with Crippen LogP contribution < -0.4 is 15.1 Å². The molecular formula is C43H52O7Si. The van der Waals surface area contributed by atoms with Crippen LogP contribution in [0.3, 0.4) is 0 Å². The van der Waals surface area contributed by atoms with Crippen LogP contribution in [-0.2, 0) is 30.0 Å². The van der Waals surface area contributed by atoms with Gasteiger partial charge in [0.1, 0.15) is 18.0 Å². The standard InChI is InChI=1S/C43H52O7Si/c1-42(2,3)51(36-20-12-8-13-21-36,37-22-14-9-15-23-37)47-31-29-39-40(50-43(4,5)49-39)38(48-41(44)34-18-10-7-11-19-34)24-16-17-30-46-32-33-25-27-35(45-6)28-26-33/h7-16,18-28,38-40H,17,29-32H2,1-6H3/t38?,39-,40?/m0/s1. The van der Waals surface area contributed by atoms with Gasteiger partial charge in [-0.2, -0.15) is 0 Å². The number of carbonyl (C=O) groups is 1. The Balaban J connectivity index is 1.33. The molecule has 0 radical (unpaired) electrons. The van der Waals surface area contributed by atoms with Gasteiger partial charge in [-0.1, -0.05) is 118 Å². The normalized spacial score (nSPS) is 18.1. The lowest BCUT2D eigenvalue weighted by Gasteiger charge is -2.43. The molecule has 7 nitrogen and oxygen atoms in total. The molecule has 1 fully saturated rings. The van der Waals surface area contributed by atoms with Gasteiger partial charge in [0.15, 0.2) is 5.79 Å². The van der Waals surface area contributed by atoms with Crippen LogP contribution in [0, 0.1) is 0 Å². The second kappa shape index (κ2) is 17.4. The topological polar surface area (TPSA) is 72.5 Å². The van der Waals surface area contributed by atoms with Crippen molar-refractivity contribution in [1.82, 2.24) is 0 Å². The molecule has 0 aromatic heterocycles. The molecule has 3 atom stereocenters. The van der Waals surface area contributed by atoms with Crippen LogP contribution in [0.25, 0.3) is 0 Å². The van der Waals surface area contributed by atoms with Gasteiger partial charge in [-0.15, -0.1) is 0 Å². The smallest absolute Gasteiger partial charge is 0.338 e. The molecule has 270 valence electrons. The minimum atomic E-state index is -2.76. The van der Waals surface area contributed by atoms with Crippen LogP contribution in [0.5, 0.6) is 5.75 Å². The van der Waals surface area contributed by atoms with Crippen molar-refractivity contribution in [3.8, 4) is 5.75 Å². The van der Waals surface area contributed by atoms with E-state index in [0.29, 0.717) is 38.2 Å². The van der Waals surface area contributed by atoms with Crippen LogP contribution >= 0.6 is 0 Å². The fourth-order valence-electron chi connectivity index (χ4n) is 6.73. The number of carbonyl (C=O) groups excluding carboxylic acids is 1. The van der Waals surface area contributed by atoms with Crippen molar-refractivity contribution >= 4 is 24.7 Å². The monoisotopic (exact) mass is 708 g/mol. The van der Waals surface area contributed by atoms with Gasteiger partial charge in [0.25, 0.3) is 8.32 Å². The zero-order valence-corrected chi connectivity index (χ0v) is 31.7. The maximum absolute atomic E-state index is 13.4. The zero-order chi connectivity index (χ0) is 36.3. The first kappa shape index (κ1) is 38.2. The first-order chi connectivity index (χ1) is 24.5. The van der Waals surface area contributed by atoms with Crippen molar-refractivity contribution in [3.05, 3.63) is 139 Å². The van der Waals surface area contributed by atoms with Crippen molar-refractivity contribution in [2.24, 2.45) is 0 Å². The van der Waals surface area contributed by atoms with Gasteiger partial charge in [-0.25, -0.2) is 4.79 Å². The van der Waals surface area contributed by atoms with Crippen LogP contribution in [0.2, 0.25) is 5.04 Å². The fraction of sp³-hybridized carbons (Fsp3) is 0.372. The molecule has 4 aromatic rings. The van der Waals surface area contributed by atoms with Crippen molar-refractivity contribution in [3.63, 3.8) is 0 Å². The molecule has 0 aliphatic carbocycles. The summed E-state index contributed by atoms with van der Waals surface area (Å²) in [6.45, 7) is 12.0. The Hall–Kier alpha value is -4.05. The number of esters is 1. The number of hydrogen-bond donors (Lipinski definition) is 0. The molecule has 0 spiro atoms. The largest absolute Gasteiger partial charge is 0.497 e. The summed E-state index contributed by atoms with van der Waals surface area (Å²) in [7, 11) is -1.10. The lowest BCUT2D eigenvalue weighted by Crippen LogP contribution is -2.66. The Morgan fingerprint density at radius 1 is 0.824 bits per heavy atom. The molecule has 5 rings (SSSR count). The van der Waals surface area contributed by atoms with E-state index in [1.54, 1.807) is 19.2 Å². The molecule has 1 aliphatic rings. The van der Waals surface area contributed by atoms with E-state index in [4.69, 9.17) is 28.1 Å². The van der Waals surface area contributed by atoms with E-state index in [0.717, 1.165) is 11.3 Å². The summed E-state index contributed by atoms with van der Waals surface area (Å²) >= 11 is 0. The van der Waals surface area contributed by atoms with Gasteiger partial charge in [-0.05, 0) is 78.0 Å². The Morgan fingerprint density at radius 2 is 1.41 bits per heavy atom. The third-order valence-corrected chi connectivity index (χ3v) is 14.2. The van der Waals surface area contributed by atoms with E-state index >= 15 is 0 Å². The number of hydrogen-bond acceptors (Lipinski definition) is 7. The zero-order valence-electron chi connectivity index (χ0n) is 30.7. The third kappa shape index (κ3) is 9.84. The quantitative estimate of drug-likeness (QED) is 0.0508. The number of benzene rings is 4. The van der Waals surface area contributed by atoms with E-state index in [2.05, 4.69) is 69.3 Å². The van der Waals surface area contributed by atoms with E-state index in [-0.39, 0.29) is 11.1 Å². The highest BCUT2D eigenvalue weighted by Gasteiger charge is 2.51. The number of ether oxygens (including phenoxy) is 5. The second-order valence-electron chi connectivity index (χ2n) is 14.3. The SMILES string of the molecule is COc1ccc(COCCC=CC(OC(=O)c2ccccc2)C2OC(C)(C)O[C@H]2CCO[Si](c2ccccc2)(c2ccccc2)C(C)(C)C)cc1. The van der Waals surface area contributed by atoms with Gasteiger partial charge in [0.05, 0.1) is 32.0 Å². The molecule has 1 heterocycles. The summed E-state index contributed by atoms with van der Waals surface area (Å²) < 4.78 is 37.5. The minimum absolute atomic E-state index is 0.159. The summed E-state index contributed by atoms with van der Waals surface area (Å²) in [5.74, 6) is -0.483. The first-order valence-electron chi connectivity index (χ1n) is 17.8. The minimum Gasteiger partial charge on any atom is -0.497 e. The van der Waals surface area contributed by atoms with E-state index in [1.165, 1.54) is 10.4 Å². The number of rotatable bonds is 16. The molecule has 0 N–H and O–H groups in total. The van der Waals surface area contributed by atoms with Crippen LogP contribution in [0.15, 0.2) is 127 Å². The average Bonchev–Trinajstić information content (AvgIpc) is 3.45. The maximum atomic E-state index is 13.4. The van der Waals surface area contributed by atoms with E-state index in [1.807, 2.05) is 80.6 Å². The molecule has 0 bridgehead atoms. The fourth-order valence-corrected chi connectivity index (χ4v) is 11.3. The maximum Gasteiger partial charge on any atom is 0.338 e. The van der Waals surface area contributed by atoms with Gasteiger partial charge in [0.2, 0.25) is 0 Å². The molecule has 1 saturated heterocycles. The number of methoxy groups -OCH3 is 1. The first-order valence-corrected chi connectivity index (χ1v) is 19.7. The lowest BCUT2D eigenvalue weighted by molar-refractivity contribution is -0.153. The van der Waals surface area contributed by atoms with Gasteiger partial charge in [-0.3, -0.25) is 0 Å². The van der Waals surface area contributed by atoms with E-state index < -0.39 is 32.3 Å². The summed E-state index contributed by atoms with van der Waals surface area (Å²) in [5, 5.41) is 2.28. The van der Waals surface area contributed by atoms with Crippen molar-refractivity contribution in [2.75, 3.05) is 20.3 Å². The second-order valence-corrected chi connectivity index (χ2v) is 18.6. The van der Waals surface area contributed by atoms with Gasteiger partial charge >= 0.3 is 5.97 Å². The average molecular weight is 709 g/mol. The lowest BCUT2D eigenvalue weighted by atomic mass is 10.0. The predicted molar refractivity (Wildman–Crippen MR) is 204 cm³/mol. The molecule has 1 aliphatic heterocycles. The van der Waals surface area contributed by atoms with Crippen LogP contribution in [-0.4, -0.2) is 58.7 Å². The van der Waals surface area contributed by atoms with Crippen molar-refractivity contribution < 1.29 is 32.9 Å². The van der Waals surface area contributed by atoms with Crippen LogP contribution in [0.4, 0.5) is 0 Å². The highest BCUT2D eigenvalue weighted by molar-refractivity contribution is 6.99. The van der Waals surface area contributed by atoms with Gasteiger partial charge < -0.3 is 28.1 Å². The Kier molecular flexibility index (Phi) is 13.1. The highest BCUT2D eigenvalue weighted by Crippen LogP contribution is 2.38. The summed E-state index contributed by atoms with van der Waals surface area (Å²) in [6, 6.07) is 38.1. The Bertz CT molecular complexity index is 1630. The van der Waals surface area contributed by atoms with Crippen molar-refractivity contribution in [1.29, 1.82) is 0 Å². The van der Waals surface area contributed by atoms with Crippen LogP contribution in [0.1, 0.15) is 63.4 Å². The van der Waals surface area contributed by atoms with Gasteiger partial charge in [0, 0.05) is 6.61 Å². The summed E-state index contributed by atoms with van der Waals surface area (Å²) in [6.07, 6.45) is 3.45. The summed E-state index contributed by atoms with van der Waals surface area (Å²) in [5.41, 5.74) is 1.54. The molecular weight excluding hydrogens is 657 g/mol. The Morgan fingerprint density at radius 3 is 1.98 bits per heavy atom. The molecule has 51 heavy (non-hydrogen) atoms. The molecule has 2 unspecified atom stereocenters. The Labute approximate surface area is 304 Å².